The fourth-order valence-corrected chi connectivity index (χ4v) is 2.13. The normalized spacial score (nSPS) is 14.6. The molecule has 12 heavy (non-hydrogen) atoms. The predicted octanol–water partition coefficient (Wildman–Crippen LogP) is 0.765. The molecule has 0 bridgehead atoms. The predicted molar refractivity (Wildman–Crippen MR) is 48.6 cm³/mol. The van der Waals surface area contributed by atoms with Gasteiger partial charge in [-0.3, -0.25) is 0 Å². The zero-order valence-electron chi connectivity index (χ0n) is 6.34. The van der Waals surface area contributed by atoms with Crippen LogP contribution < -0.4 is 5.73 Å². The Morgan fingerprint density at radius 1 is 1.92 bits per heavy atom. The second-order valence-electron chi connectivity index (χ2n) is 1.99. The summed E-state index contributed by atoms with van der Waals surface area (Å²) in [5.41, 5.74) is 7.01. The van der Waals surface area contributed by atoms with Gasteiger partial charge in [0.25, 0.3) is 0 Å². The van der Waals surface area contributed by atoms with Crippen LogP contribution in [0.1, 0.15) is 6.92 Å². The molecule has 0 fully saturated rings. The molecule has 0 aromatic carbocycles. The maximum atomic E-state index is 8.35. The molecule has 0 amide bonds. The molecule has 0 radical (unpaired) electrons. The van der Waals surface area contributed by atoms with E-state index in [4.69, 9.17) is 10.9 Å². The third-order valence-corrected chi connectivity index (χ3v) is 3.09. The van der Waals surface area contributed by atoms with Crippen LogP contribution in [0.3, 0.4) is 0 Å². The van der Waals surface area contributed by atoms with Gasteiger partial charge in [-0.05, 0) is 6.92 Å². The van der Waals surface area contributed by atoms with E-state index >= 15 is 0 Å². The topological polar surface area (TPSA) is 84.4 Å². The van der Waals surface area contributed by atoms with Crippen LogP contribution in [0.25, 0.3) is 0 Å². The molecule has 0 saturated carbocycles. The summed E-state index contributed by atoms with van der Waals surface area (Å²) in [6, 6.07) is 0. The minimum absolute atomic E-state index is 0.0806. The van der Waals surface area contributed by atoms with Crippen LogP contribution in [0.15, 0.2) is 15.0 Å². The first-order valence-electron chi connectivity index (χ1n) is 3.14. The number of nitrogens with two attached hydrogens (primary N) is 1. The van der Waals surface area contributed by atoms with Crippen LogP contribution in [0.4, 0.5) is 0 Å². The molecule has 7 heteroatoms. The van der Waals surface area contributed by atoms with Crippen molar-refractivity contribution in [3.05, 3.63) is 5.51 Å². The van der Waals surface area contributed by atoms with E-state index in [2.05, 4.69) is 15.4 Å². The summed E-state index contributed by atoms with van der Waals surface area (Å²) in [7, 11) is 0. The van der Waals surface area contributed by atoms with Crippen LogP contribution in [0.5, 0.6) is 0 Å². The minimum atomic E-state index is -0.0806. The van der Waals surface area contributed by atoms with Crippen molar-refractivity contribution in [2.45, 2.75) is 16.5 Å². The summed E-state index contributed by atoms with van der Waals surface area (Å²) in [6.07, 6.45) is 0. The van der Waals surface area contributed by atoms with Crippen molar-refractivity contribution >= 4 is 28.9 Å². The molecule has 1 aromatic rings. The van der Waals surface area contributed by atoms with Gasteiger partial charge in [0.05, 0.1) is 5.25 Å². The van der Waals surface area contributed by atoms with Gasteiger partial charge in [0.2, 0.25) is 0 Å². The first kappa shape index (κ1) is 9.27. The van der Waals surface area contributed by atoms with Gasteiger partial charge in [0.1, 0.15) is 5.51 Å². The monoisotopic (exact) mass is 204 g/mol. The number of amidine groups is 1. The van der Waals surface area contributed by atoms with Crippen LogP contribution in [-0.4, -0.2) is 26.5 Å². The summed E-state index contributed by atoms with van der Waals surface area (Å²) in [5.74, 6) is 0.190. The first-order chi connectivity index (χ1) is 5.74. The van der Waals surface area contributed by atoms with Crippen molar-refractivity contribution in [2.75, 3.05) is 0 Å². The third-order valence-electron chi connectivity index (χ3n) is 1.15. The molecule has 1 rings (SSSR count). The molecule has 0 aliphatic rings. The van der Waals surface area contributed by atoms with E-state index in [9.17, 15) is 0 Å². The smallest absolute Gasteiger partial charge is 0.174 e. The van der Waals surface area contributed by atoms with Crippen LogP contribution >= 0.6 is 23.1 Å². The average molecular weight is 204 g/mol. The molecular weight excluding hydrogens is 196 g/mol. The summed E-state index contributed by atoms with van der Waals surface area (Å²) in [4.78, 5) is 0. The molecular formula is C5H8N4OS2. The quantitative estimate of drug-likeness (QED) is 0.250. The highest BCUT2D eigenvalue weighted by molar-refractivity contribution is 8.02. The molecule has 5 nitrogen and oxygen atoms in total. The zero-order valence-corrected chi connectivity index (χ0v) is 7.97. The van der Waals surface area contributed by atoms with Gasteiger partial charge < -0.3 is 10.9 Å². The zero-order chi connectivity index (χ0) is 8.97. The lowest BCUT2D eigenvalue weighted by molar-refractivity contribution is 0.317. The van der Waals surface area contributed by atoms with Crippen molar-refractivity contribution in [3.8, 4) is 0 Å². The SMILES string of the molecule is CC(Sc1nncs1)C(N)=NO. The third kappa shape index (κ3) is 2.35. The largest absolute Gasteiger partial charge is 0.409 e. The maximum Gasteiger partial charge on any atom is 0.174 e. The molecule has 0 saturated heterocycles. The molecule has 0 aliphatic carbocycles. The van der Waals surface area contributed by atoms with Crippen LogP contribution in [0.2, 0.25) is 0 Å². The van der Waals surface area contributed by atoms with Gasteiger partial charge in [0, 0.05) is 0 Å². The lowest BCUT2D eigenvalue weighted by Gasteiger charge is -2.04. The minimum Gasteiger partial charge on any atom is -0.409 e. The van der Waals surface area contributed by atoms with Crippen LogP contribution in [-0.2, 0) is 0 Å². The Bertz CT molecular complexity index is 260. The number of oxime groups is 1. The van der Waals surface area contributed by atoms with Crippen molar-refractivity contribution in [2.24, 2.45) is 10.9 Å². The van der Waals surface area contributed by atoms with Gasteiger partial charge in [-0.2, -0.15) is 0 Å². The summed E-state index contributed by atoms with van der Waals surface area (Å²) >= 11 is 2.84. The lowest BCUT2D eigenvalue weighted by Crippen LogP contribution is -2.23. The van der Waals surface area contributed by atoms with Crippen molar-refractivity contribution in [1.82, 2.24) is 10.2 Å². The molecule has 1 atom stereocenters. The number of hydrogen-bond acceptors (Lipinski definition) is 6. The Morgan fingerprint density at radius 3 is 3.17 bits per heavy atom. The van der Waals surface area contributed by atoms with Crippen molar-refractivity contribution < 1.29 is 5.21 Å². The number of hydrogen-bond donors (Lipinski definition) is 2. The molecule has 1 unspecified atom stereocenters. The highest BCUT2D eigenvalue weighted by atomic mass is 32.2. The second-order valence-corrected chi connectivity index (χ2v) is 4.41. The maximum absolute atomic E-state index is 8.35. The fourth-order valence-electron chi connectivity index (χ4n) is 0.507. The van der Waals surface area contributed by atoms with E-state index < -0.39 is 0 Å². The van der Waals surface area contributed by atoms with Gasteiger partial charge in [-0.15, -0.1) is 10.2 Å². The summed E-state index contributed by atoms with van der Waals surface area (Å²) < 4.78 is 0.814. The van der Waals surface area contributed by atoms with Crippen LogP contribution in [0, 0.1) is 0 Å². The highest BCUT2D eigenvalue weighted by Gasteiger charge is 2.10. The second kappa shape index (κ2) is 4.27. The van der Waals surface area contributed by atoms with Gasteiger partial charge >= 0.3 is 0 Å². The van der Waals surface area contributed by atoms with E-state index in [-0.39, 0.29) is 11.1 Å². The summed E-state index contributed by atoms with van der Waals surface area (Å²) in [5, 5.41) is 18.6. The highest BCUT2D eigenvalue weighted by Crippen LogP contribution is 2.23. The Kier molecular flexibility index (Phi) is 3.30. The first-order valence-corrected chi connectivity index (χ1v) is 4.90. The van der Waals surface area contributed by atoms with E-state index in [1.165, 1.54) is 23.1 Å². The van der Waals surface area contributed by atoms with E-state index in [0.717, 1.165) is 4.34 Å². The molecule has 66 valence electrons. The molecule has 1 heterocycles. The molecule has 3 N–H and O–H groups in total. The number of rotatable bonds is 3. The molecule has 0 aliphatic heterocycles. The Balaban J connectivity index is 2.53. The lowest BCUT2D eigenvalue weighted by atomic mass is 10.4. The van der Waals surface area contributed by atoms with Crippen molar-refractivity contribution in [1.29, 1.82) is 0 Å². The Hall–Kier alpha value is -0.820. The van der Waals surface area contributed by atoms with E-state index in [1.807, 2.05) is 6.92 Å². The average Bonchev–Trinajstić information content (AvgIpc) is 2.55. The molecule has 0 spiro atoms. The van der Waals surface area contributed by atoms with Gasteiger partial charge in [-0.25, -0.2) is 0 Å². The van der Waals surface area contributed by atoms with E-state index in [1.54, 1.807) is 5.51 Å². The fraction of sp³-hybridized carbons (Fsp3) is 0.400. The summed E-state index contributed by atoms with van der Waals surface area (Å²) in [6.45, 7) is 1.83. The standard InChI is InChI=1S/C5H8N4OS2/c1-3(4(6)9-10)12-5-8-7-2-11-5/h2-3,10H,1H3,(H2,6,9). The van der Waals surface area contributed by atoms with Crippen molar-refractivity contribution in [3.63, 3.8) is 0 Å². The number of aromatic nitrogens is 2. The van der Waals surface area contributed by atoms with E-state index in [0.29, 0.717) is 0 Å². The molecule has 1 aromatic heterocycles. The Morgan fingerprint density at radius 2 is 2.67 bits per heavy atom. The van der Waals surface area contributed by atoms with Gasteiger partial charge in [0.15, 0.2) is 10.2 Å². The number of thioether (sulfide) groups is 1. The number of nitrogens with zero attached hydrogens (tertiary/aromatic N) is 3. The van der Waals surface area contributed by atoms with Gasteiger partial charge in [-0.1, -0.05) is 28.3 Å². The Labute approximate surface area is 77.7 Å².